The van der Waals surface area contributed by atoms with Crippen LogP contribution >= 0.6 is 0 Å². The lowest BCUT2D eigenvalue weighted by Crippen LogP contribution is -2.29. The van der Waals surface area contributed by atoms with Gasteiger partial charge in [-0.1, -0.05) is 18.1 Å². The molecule has 2 rings (SSSR count). The summed E-state index contributed by atoms with van der Waals surface area (Å²) in [5.41, 5.74) is 2.82. The maximum absolute atomic E-state index is 8.98. The van der Waals surface area contributed by atoms with Crippen LogP contribution < -0.4 is 0 Å². The van der Waals surface area contributed by atoms with Crippen molar-refractivity contribution in [2.24, 2.45) is 5.41 Å². The summed E-state index contributed by atoms with van der Waals surface area (Å²) in [5, 5.41) is 8.98. The second kappa shape index (κ2) is 5.20. The molecule has 1 aliphatic heterocycles. The van der Waals surface area contributed by atoms with Crippen molar-refractivity contribution < 1.29 is 9.47 Å². The first-order valence-corrected chi connectivity index (χ1v) is 6.45. The quantitative estimate of drug-likeness (QED) is 0.706. The van der Waals surface area contributed by atoms with E-state index in [2.05, 4.69) is 19.9 Å². The van der Waals surface area contributed by atoms with Gasteiger partial charge in [0.2, 0.25) is 0 Å². The van der Waals surface area contributed by atoms with Crippen molar-refractivity contribution in [2.75, 3.05) is 13.2 Å². The smallest absolute Gasteiger partial charge is 0.158 e. The standard InChI is InChI=1S/C14H21NO2/c1-11-4-3-6-14(2,12(11)5-7-15)10-13-16-8-9-17-13/h13H,3-6,8-10H2,1-2H3. The minimum Gasteiger partial charge on any atom is -0.350 e. The predicted octanol–water partition coefficient (Wildman–Crippen LogP) is 3.17. The highest BCUT2D eigenvalue weighted by atomic mass is 16.7. The van der Waals surface area contributed by atoms with Crippen LogP contribution in [-0.4, -0.2) is 19.5 Å². The van der Waals surface area contributed by atoms with E-state index < -0.39 is 0 Å². The van der Waals surface area contributed by atoms with Gasteiger partial charge in [-0.3, -0.25) is 0 Å². The Hall–Kier alpha value is -0.850. The molecule has 0 N–H and O–H groups in total. The molecule has 3 nitrogen and oxygen atoms in total. The molecule has 0 amide bonds. The van der Waals surface area contributed by atoms with E-state index in [9.17, 15) is 0 Å². The highest BCUT2D eigenvalue weighted by Gasteiger charge is 2.36. The maximum atomic E-state index is 8.98. The summed E-state index contributed by atoms with van der Waals surface area (Å²) in [7, 11) is 0. The van der Waals surface area contributed by atoms with Crippen molar-refractivity contribution in [1.29, 1.82) is 5.26 Å². The molecule has 0 aromatic carbocycles. The van der Waals surface area contributed by atoms with Gasteiger partial charge in [-0.25, -0.2) is 0 Å². The fourth-order valence-electron chi connectivity index (χ4n) is 3.12. The van der Waals surface area contributed by atoms with E-state index in [4.69, 9.17) is 14.7 Å². The van der Waals surface area contributed by atoms with E-state index in [1.807, 2.05) is 0 Å². The van der Waals surface area contributed by atoms with Gasteiger partial charge in [0.05, 0.1) is 25.7 Å². The van der Waals surface area contributed by atoms with Crippen LogP contribution in [0.25, 0.3) is 0 Å². The normalized spacial score (nSPS) is 30.6. The summed E-state index contributed by atoms with van der Waals surface area (Å²) < 4.78 is 11.1. The zero-order chi connectivity index (χ0) is 12.3. The Morgan fingerprint density at radius 3 is 2.76 bits per heavy atom. The molecule has 0 bridgehead atoms. The SMILES string of the molecule is CC1=C(CC#N)C(C)(CC2OCCO2)CCC1. The largest absolute Gasteiger partial charge is 0.350 e. The third-order valence-electron chi connectivity index (χ3n) is 4.09. The molecule has 1 saturated heterocycles. The van der Waals surface area contributed by atoms with Crippen molar-refractivity contribution in [3.8, 4) is 6.07 Å². The summed E-state index contributed by atoms with van der Waals surface area (Å²) in [6, 6.07) is 2.31. The average molecular weight is 235 g/mol. The molecule has 1 heterocycles. The molecule has 1 unspecified atom stereocenters. The van der Waals surface area contributed by atoms with E-state index in [1.165, 1.54) is 17.6 Å². The van der Waals surface area contributed by atoms with Gasteiger partial charge in [0.15, 0.2) is 6.29 Å². The molecule has 1 fully saturated rings. The molecular weight excluding hydrogens is 214 g/mol. The first-order chi connectivity index (χ1) is 8.15. The van der Waals surface area contributed by atoms with Crippen LogP contribution in [0.4, 0.5) is 0 Å². The van der Waals surface area contributed by atoms with E-state index in [0.29, 0.717) is 19.6 Å². The monoisotopic (exact) mass is 235 g/mol. The number of nitriles is 1. The first kappa shape index (κ1) is 12.6. The van der Waals surface area contributed by atoms with Gasteiger partial charge in [0, 0.05) is 6.42 Å². The summed E-state index contributed by atoms with van der Waals surface area (Å²) in [6.45, 7) is 5.84. The molecule has 1 atom stereocenters. The number of ether oxygens (including phenoxy) is 2. The van der Waals surface area contributed by atoms with Gasteiger partial charge in [0.25, 0.3) is 0 Å². The molecule has 0 aromatic heterocycles. The third kappa shape index (κ3) is 2.70. The predicted molar refractivity (Wildman–Crippen MR) is 65.2 cm³/mol. The highest BCUT2D eigenvalue weighted by molar-refractivity contribution is 5.26. The Morgan fingerprint density at radius 1 is 1.41 bits per heavy atom. The Bertz CT molecular complexity index is 350. The van der Waals surface area contributed by atoms with Crippen LogP contribution in [0.5, 0.6) is 0 Å². The van der Waals surface area contributed by atoms with Crippen molar-refractivity contribution in [3.63, 3.8) is 0 Å². The molecule has 1 aliphatic carbocycles. The lowest BCUT2D eigenvalue weighted by molar-refractivity contribution is -0.0676. The highest BCUT2D eigenvalue weighted by Crippen LogP contribution is 2.46. The topological polar surface area (TPSA) is 42.2 Å². The zero-order valence-electron chi connectivity index (χ0n) is 10.8. The van der Waals surface area contributed by atoms with Crippen molar-refractivity contribution in [3.05, 3.63) is 11.1 Å². The van der Waals surface area contributed by atoms with Crippen LogP contribution in [0.2, 0.25) is 0 Å². The minimum absolute atomic E-state index is 0.0698. The maximum Gasteiger partial charge on any atom is 0.158 e. The van der Waals surface area contributed by atoms with E-state index >= 15 is 0 Å². The molecule has 0 saturated carbocycles. The minimum atomic E-state index is -0.0698. The second-order valence-electron chi connectivity index (χ2n) is 5.38. The van der Waals surface area contributed by atoms with Gasteiger partial charge in [-0.2, -0.15) is 5.26 Å². The third-order valence-corrected chi connectivity index (χ3v) is 4.09. The Kier molecular flexibility index (Phi) is 3.86. The average Bonchev–Trinajstić information content (AvgIpc) is 2.76. The first-order valence-electron chi connectivity index (χ1n) is 6.45. The van der Waals surface area contributed by atoms with E-state index in [-0.39, 0.29) is 11.7 Å². The van der Waals surface area contributed by atoms with E-state index in [0.717, 1.165) is 19.3 Å². The summed E-state index contributed by atoms with van der Waals surface area (Å²) in [4.78, 5) is 0. The Balaban J connectivity index is 2.14. The Morgan fingerprint density at radius 2 is 2.12 bits per heavy atom. The molecule has 94 valence electrons. The van der Waals surface area contributed by atoms with Crippen LogP contribution in [0.1, 0.15) is 46.0 Å². The number of hydrogen-bond acceptors (Lipinski definition) is 3. The lowest BCUT2D eigenvalue weighted by atomic mass is 9.68. The van der Waals surface area contributed by atoms with Crippen molar-refractivity contribution in [1.82, 2.24) is 0 Å². The zero-order valence-corrected chi connectivity index (χ0v) is 10.8. The second-order valence-corrected chi connectivity index (χ2v) is 5.38. The molecule has 0 aromatic rings. The van der Waals surface area contributed by atoms with Crippen LogP contribution in [0.15, 0.2) is 11.1 Å². The summed E-state index contributed by atoms with van der Waals surface area (Å²) in [5.74, 6) is 0. The van der Waals surface area contributed by atoms with Crippen LogP contribution in [0, 0.1) is 16.7 Å². The summed E-state index contributed by atoms with van der Waals surface area (Å²) in [6.07, 6.45) is 4.86. The number of nitrogens with zero attached hydrogens (tertiary/aromatic N) is 1. The van der Waals surface area contributed by atoms with Gasteiger partial charge >= 0.3 is 0 Å². The van der Waals surface area contributed by atoms with Crippen LogP contribution in [-0.2, 0) is 9.47 Å². The van der Waals surface area contributed by atoms with Gasteiger partial charge in [-0.05, 0) is 31.6 Å². The molecule has 0 radical (unpaired) electrons. The number of allylic oxidation sites excluding steroid dienone is 2. The molecule has 2 aliphatic rings. The summed E-state index contributed by atoms with van der Waals surface area (Å²) >= 11 is 0. The Labute approximate surface area is 103 Å². The molecule has 0 spiro atoms. The molecule has 3 heteroatoms. The molecular formula is C14H21NO2. The fraction of sp³-hybridized carbons (Fsp3) is 0.786. The van der Waals surface area contributed by atoms with E-state index in [1.54, 1.807) is 0 Å². The lowest BCUT2D eigenvalue weighted by Gasteiger charge is -2.38. The van der Waals surface area contributed by atoms with Gasteiger partial charge in [-0.15, -0.1) is 0 Å². The fourth-order valence-corrected chi connectivity index (χ4v) is 3.12. The van der Waals surface area contributed by atoms with Gasteiger partial charge < -0.3 is 9.47 Å². The number of hydrogen-bond donors (Lipinski definition) is 0. The van der Waals surface area contributed by atoms with Crippen LogP contribution in [0.3, 0.4) is 0 Å². The van der Waals surface area contributed by atoms with Crippen molar-refractivity contribution in [2.45, 2.75) is 52.2 Å². The van der Waals surface area contributed by atoms with Gasteiger partial charge in [0.1, 0.15) is 0 Å². The molecule has 17 heavy (non-hydrogen) atoms. The van der Waals surface area contributed by atoms with Crippen molar-refractivity contribution >= 4 is 0 Å². The number of rotatable bonds is 3.